The predicted octanol–water partition coefficient (Wildman–Crippen LogP) is 6.25. The van der Waals surface area contributed by atoms with E-state index in [4.69, 9.17) is 10.7 Å². The van der Waals surface area contributed by atoms with Crippen LogP contribution in [0.1, 0.15) is 69.0 Å². The minimum atomic E-state index is -4.53. The maximum absolute atomic E-state index is 13.3. The maximum Gasteiger partial charge on any atom is 0.416 e. The summed E-state index contributed by atoms with van der Waals surface area (Å²) in [5.74, 6) is -0.0644. The van der Waals surface area contributed by atoms with Crippen LogP contribution in [0.3, 0.4) is 0 Å². The average molecular weight is 553 g/mol. The molecule has 0 aliphatic heterocycles. The predicted molar refractivity (Wildman–Crippen MR) is 144 cm³/mol. The topological polar surface area (TPSA) is 114 Å². The number of hydrogen-bond acceptors (Lipinski definition) is 5. The molecular formula is C30H31F3N4O3. The first-order valence-corrected chi connectivity index (χ1v) is 13.0. The van der Waals surface area contributed by atoms with E-state index >= 15 is 0 Å². The fraction of sp³-hybridized carbons (Fsp3) is 0.367. The Kier molecular flexibility index (Phi) is 6.26. The van der Waals surface area contributed by atoms with E-state index in [0.29, 0.717) is 41.0 Å². The first-order chi connectivity index (χ1) is 18.6. The molecule has 1 fully saturated rings. The minimum Gasteiger partial charge on any atom is -0.481 e. The van der Waals surface area contributed by atoms with Crippen molar-refractivity contribution in [3.8, 4) is 11.3 Å². The molecule has 4 N–H and O–H groups in total. The van der Waals surface area contributed by atoms with E-state index in [0.717, 1.165) is 12.1 Å². The van der Waals surface area contributed by atoms with E-state index in [2.05, 4.69) is 4.98 Å². The number of nitrogens with zero attached hydrogens (tertiary/aromatic N) is 3. The third-order valence-electron chi connectivity index (χ3n) is 9.09. The van der Waals surface area contributed by atoms with Crippen LogP contribution in [0, 0.1) is 10.8 Å². The molecule has 0 radical (unpaired) electrons. The number of imidazole rings is 1. The second-order valence-electron chi connectivity index (χ2n) is 11.5. The first kappa shape index (κ1) is 27.6. The number of fused-ring (bicyclic) bond motifs is 1. The second-order valence-corrected chi connectivity index (χ2v) is 11.5. The van der Waals surface area contributed by atoms with Gasteiger partial charge < -0.3 is 15.9 Å². The number of aliphatic carboxylic acids is 1. The summed E-state index contributed by atoms with van der Waals surface area (Å²) in [5.41, 5.74) is 4.55. The highest BCUT2D eigenvalue weighted by atomic mass is 19.4. The highest BCUT2D eigenvalue weighted by Crippen LogP contribution is 2.60. The molecule has 210 valence electrons. The van der Waals surface area contributed by atoms with Crippen molar-refractivity contribution in [2.45, 2.75) is 58.2 Å². The zero-order valence-electron chi connectivity index (χ0n) is 22.6. The molecule has 1 unspecified atom stereocenters. The molecule has 10 heteroatoms. The molecule has 1 saturated carbocycles. The van der Waals surface area contributed by atoms with Gasteiger partial charge in [-0.05, 0) is 55.4 Å². The van der Waals surface area contributed by atoms with Crippen molar-refractivity contribution < 1.29 is 28.2 Å². The molecule has 4 aromatic rings. The molecule has 5 rings (SSSR count). The number of alkyl halides is 3. The van der Waals surface area contributed by atoms with Crippen LogP contribution in [0.15, 0.2) is 60.9 Å². The monoisotopic (exact) mass is 552 g/mol. The SMILES string of the molecule is CC(O)(c1ccc(-c2nc([C@H]3CC[C@@](C)(C(=O)O)C3(C)C)n3ccnc(N)c23)cc1)c1cccc(C(F)(F)F)c1. The molecule has 2 aromatic carbocycles. The quantitative estimate of drug-likeness (QED) is 0.270. The Morgan fingerprint density at radius 3 is 2.33 bits per heavy atom. The maximum atomic E-state index is 13.3. The molecule has 0 spiro atoms. The van der Waals surface area contributed by atoms with Crippen LogP contribution < -0.4 is 5.73 Å². The van der Waals surface area contributed by atoms with Crippen molar-refractivity contribution in [1.29, 1.82) is 0 Å². The number of halogens is 3. The van der Waals surface area contributed by atoms with Crippen molar-refractivity contribution in [2.75, 3.05) is 5.73 Å². The van der Waals surface area contributed by atoms with Crippen LogP contribution in [0.2, 0.25) is 0 Å². The smallest absolute Gasteiger partial charge is 0.416 e. The second kappa shape index (κ2) is 9.05. The summed E-state index contributed by atoms with van der Waals surface area (Å²) in [7, 11) is 0. The van der Waals surface area contributed by atoms with Crippen LogP contribution in [0.5, 0.6) is 0 Å². The van der Waals surface area contributed by atoms with Crippen molar-refractivity contribution in [1.82, 2.24) is 14.4 Å². The van der Waals surface area contributed by atoms with Crippen molar-refractivity contribution in [2.24, 2.45) is 10.8 Å². The number of hydrogen-bond donors (Lipinski definition) is 3. The summed E-state index contributed by atoms with van der Waals surface area (Å²) in [6, 6.07) is 11.4. The van der Waals surface area contributed by atoms with E-state index in [1.54, 1.807) is 43.6 Å². The minimum absolute atomic E-state index is 0.114. The molecule has 2 aromatic heterocycles. The number of benzene rings is 2. The van der Waals surface area contributed by atoms with Gasteiger partial charge in [-0.15, -0.1) is 0 Å². The normalized spacial score (nSPS) is 22.4. The van der Waals surface area contributed by atoms with Gasteiger partial charge in [0.25, 0.3) is 0 Å². The Hall–Kier alpha value is -3.92. The van der Waals surface area contributed by atoms with Crippen LogP contribution in [0.4, 0.5) is 19.0 Å². The van der Waals surface area contributed by atoms with Gasteiger partial charge in [-0.25, -0.2) is 9.97 Å². The molecule has 40 heavy (non-hydrogen) atoms. The van der Waals surface area contributed by atoms with Gasteiger partial charge in [0.1, 0.15) is 28.5 Å². The molecule has 0 bridgehead atoms. The van der Waals surface area contributed by atoms with Gasteiger partial charge in [0.05, 0.1) is 11.0 Å². The summed E-state index contributed by atoms with van der Waals surface area (Å²) in [4.78, 5) is 21.4. The first-order valence-electron chi connectivity index (χ1n) is 13.0. The average Bonchev–Trinajstić information content (AvgIpc) is 3.39. The van der Waals surface area contributed by atoms with Gasteiger partial charge in [0.15, 0.2) is 0 Å². The number of anilines is 1. The van der Waals surface area contributed by atoms with E-state index in [1.807, 2.05) is 18.2 Å². The number of aromatic nitrogens is 3. The fourth-order valence-electron chi connectivity index (χ4n) is 5.99. The van der Waals surface area contributed by atoms with Gasteiger partial charge >= 0.3 is 12.1 Å². The number of carboxylic acid groups (broad SMARTS) is 1. The molecule has 3 atom stereocenters. The number of nitrogen functional groups attached to an aromatic ring is 1. The zero-order valence-corrected chi connectivity index (χ0v) is 22.6. The van der Waals surface area contributed by atoms with E-state index in [9.17, 15) is 28.2 Å². The molecule has 0 saturated heterocycles. The number of rotatable bonds is 5. The highest BCUT2D eigenvalue weighted by molar-refractivity contribution is 5.85. The third-order valence-corrected chi connectivity index (χ3v) is 9.09. The Balaban J connectivity index is 1.57. The van der Waals surface area contributed by atoms with E-state index < -0.39 is 34.1 Å². The van der Waals surface area contributed by atoms with Crippen LogP contribution in [0.25, 0.3) is 16.8 Å². The molecule has 7 nitrogen and oxygen atoms in total. The Morgan fingerprint density at radius 1 is 1.07 bits per heavy atom. The third kappa shape index (κ3) is 4.13. The lowest BCUT2D eigenvalue weighted by Gasteiger charge is -2.38. The molecular weight excluding hydrogens is 521 g/mol. The fourth-order valence-corrected chi connectivity index (χ4v) is 5.99. The Bertz CT molecular complexity index is 1610. The summed E-state index contributed by atoms with van der Waals surface area (Å²) in [5, 5.41) is 21.3. The van der Waals surface area contributed by atoms with E-state index in [1.165, 1.54) is 19.1 Å². The zero-order chi connectivity index (χ0) is 29.3. The van der Waals surface area contributed by atoms with Crippen LogP contribution in [-0.4, -0.2) is 30.6 Å². The number of carboxylic acids is 1. The molecule has 2 heterocycles. The molecule has 1 aliphatic rings. The van der Waals surface area contributed by atoms with Crippen LogP contribution >= 0.6 is 0 Å². The summed E-state index contributed by atoms with van der Waals surface area (Å²) < 4.78 is 41.7. The van der Waals surface area contributed by atoms with Crippen molar-refractivity contribution >= 4 is 17.3 Å². The van der Waals surface area contributed by atoms with E-state index in [-0.39, 0.29) is 17.3 Å². The summed E-state index contributed by atoms with van der Waals surface area (Å²) in [6.07, 6.45) is -0.0546. The summed E-state index contributed by atoms with van der Waals surface area (Å²) in [6.45, 7) is 7.13. The number of carbonyl (C=O) groups is 1. The standard InChI is InChI=1S/C30H31F3N4O3/c1-27(2)21(12-13-28(27,3)26(38)39)25-36-22(23-24(34)35-14-15-37(23)25)17-8-10-18(11-9-17)29(4,40)19-6-5-7-20(16-19)30(31,32)33/h5-11,14-16,21,40H,12-13H2,1-4H3,(H2,34,35)(H,38,39)/t21-,28+,29?/m1/s1. The number of aliphatic hydroxyl groups is 1. The number of nitrogens with two attached hydrogens (primary N) is 1. The molecule has 1 aliphatic carbocycles. The van der Waals surface area contributed by atoms with Crippen molar-refractivity contribution in [3.63, 3.8) is 0 Å². The van der Waals surface area contributed by atoms with Gasteiger partial charge in [-0.3, -0.25) is 9.20 Å². The van der Waals surface area contributed by atoms with Gasteiger partial charge in [-0.2, -0.15) is 13.2 Å². The lowest BCUT2D eigenvalue weighted by atomic mass is 9.65. The highest BCUT2D eigenvalue weighted by Gasteiger charge is 2.57. The summed E-state index contributed by atoms with van der Waals surface area (Å²) >= 11 is 0. The lowest BCUT2D eigenvalue weighted by molar-refractivity contribution is -0.153. The lowest BCUT2D eigenvalue weighted by Crippen LogP contribution is -2.40. The Labute approximate surface area is 229 Å². The van der Waals surface area contributed by atoms with Gasteiger partial charge in [0, 0.05) is 23.9 Å². The van der Waals surface area contributed by atoms with Gasteiger partial charge in [-0.1, -0.05) is 50.2 Å². The van der Waals surface area contributed by atoms with Crippen molar-refractivity contribution in [3.05, 3.63) is 83.4 Å². The van der Waals surface area contributed by atoms with Gasteiger partial charge in [0.2, 0.25) is 0 Å². The molecule has 0 amide bonds. The largest absolute Gasteiger partial charge is 0.481 e. The van der Waals surface area contributed by atoms with Crippen LogP contribution in [-0.2, 0) is 16.6 Å². The Morgan fingerprint density at radius 2 is 1.73 bits per heavy atom.